The third-order valence-electron chi connectivity index (χ3n) is 4.11. The molecule has 0 saturated carbocycles. The third-order valence-corrected chi connectivity index (χ3v) is 4.11. The summed E-state index contributed by atoms with van der Waals surface area (Å²) in [4.78, 5) is 36.1. The first-order chi connectivity index (χ1) is 12.2. The van der Waals surface area contributed by atoms with E-state index in [1.54, 1.807) is 13.2 Å². The number of para-hydroxylation sites is 1. The molecular formula is C20H24N2O4. The lowest BCUT2D eigenvalue weighted by molar-refractivity contribution is -0.123. The Labute approximate surface area is 153 Å². The fourth-order valence-electron chi connectivity index (χ4n) is 2.58. The quantitative estimate of drug-likeness (QED) is 0.634. The van der Waals surface area contributed by atoms with Crippen LogP contribution in [0.15, 0.2) is 36.5 Å². The zero-order valence-electron chi connectivity index (χ0n) is 15.7. The highest BCUT2D eigenvalue weighted by Crippen LogP contribution is 2.24. The van der Waals surface area contributed by atoms with Crippen molar-refractivity contribution in [2.24, 2.45) is 7.05 Å². The van der Waals surface area contributed by atoms with E-state index >= 15 is 0 Å². The Hall–Kier alpha value is -2.89. The van der Waals surface area contributed by atoms with Gasteiger partial charge in [0.15, 0.2) is 11.9 Å². The molecule has 6 nitrogen and oxygen atoms in total. The zero-order chi connectivity index (χ0) is 19.4. The summed E-state index contributed by atoms with van der Waals surface area (Å²) in [5.41, 5.74) is 2.35. The van der Waals surface area contributed by atoms with Crippen molar-refractivity contribution in [2.75, 3.05) is 5.32 Å². The van der Waals surface area contributed by atoms with Gasteiger partial charge in [0, 0.05) is 24.5 Å². The largest absolute Gasteiger partial charge is 0.448 e. The molecule has 0 radical (unpaired) electrons. The van der Waals surface area contributed by atoms with Crippen LogP contribution in [-0.2, 0) is 16.6 Å². The van der Waals surface area contributed by atoms with Crippen LogP contribution in [0.1, 0.15) is 60.0 Å². The van der Waals surface area contributed by atoms with Gasteiger partial charge in [-0.25, -0.2) is 4.79 Å². The van der Waals surface area contributed by atoms with Crippen molar-refractivity contribution in [3.05, 3.63) is 53.3 Å². The Balaban J connectivity index is 2.08. The van der Waals surface area contributed by atoms with Gasteiger partial charge in [0.2, 0.25) is 0 Å². The van der Waals surface area contributed by atoms with Crippen LogP contribution in [0, 0.1) is 0 Å². The van der Waals surface area contributed by atoms with E-state index in [0.29, 0.717) is 11.3 Å². The van der Waals surface area contributed by atoms with Crippen molar-refractivity contribution in [3.63, 3.8) is 0 Å². The van der Waals surface area contributed by atoms with Crippen molar-refractivity contribution in [2.45, 2.75) is 39.7 Å². The molecule has 1 N–H and O–H groups in total. The Morgan fingerprint density at radius 2 is 1.77 bits per heavy atom. The van der Waals surface area contributed by atoms with Gasteiger partial charge in [0.25, 0.3) is 5.91 Å². The number of nitrogens with one attached hydrogen (secondary N) is 1. The van der Waals surface area contributed by atoms with Crippen molar-refractivity contribution < 1.29 is 19.1 Å². The summed E-state index contributed by atoms with van der Waals surface area (Å²) in [5.74, 6) is -0.958. The van der Waals surface area contributed by atoms with E-state index in [1.807, 2.05) is 38.1 Å². The number of nitrogens with zero attached hydrogens (tertiary/aromatic N) is 1. The number of rotatable bonds is 6. The van der Waals surface area contributed by atoms with Gasteiger partial charge in [-0.3, -0.25) is 9.59 Å². The number of benzene rings is 1. The van der Waals surface area contributed by atoms with Crippen LogP contribution in [0.4, 0.5) is 5.69 Å². The highest BCUT2D eigenvalue weighted by Gasteiger charge is 2.22. The van der Waals surface area contributed by atoms with Gasteiger partial charge in [0.1, 0.15) is 5.69 Å². The second-order valence-electron chi connectivity index (χ2n) is 6.56. The van der Waals surface area contributed by atoms with Crippen molar-refractivity contribution in [1.82, 2.24) is 4.57 Å². The fraction of sp³-hybridized carbons (Fsp3) is 0.350. The number of hydrogen-bond donors (Lipinski definition) is 1. The van der Waals surface area contributed by atoms with Crippen LogP contribution in [-0.4, -0.2) is 28.3 Å². The van der Waals surface area contributed by atoms with E-state index in [-0.39, 0.29) is 17.4 Å². The summed E-state index contributed by atoms with van der Waals surface area (Å²) in [6, 6.07) is 8.98. The van der Waals surface area contributed by atoms with Gasteiger partial charge >= 0.3 is 5.97 Å². The highest BCUT2D eigenvalue weighted by molar-refractivity contribution is 5.99. The predicted octanol–water partition coefficient (Wildman–Crippen LogP) is 3.54. The lowest BCUT2D eigenvalue weighted by Crippen LogP contribution is -2.30. The van der Waals surface area contributed by atoms with Crippen LogP contribution in [0.5, 0.6) is 0 Å². The summed E-state index contributed by atoms with van der Waals surface area (Å²) in [6.07, 6.45) is 0.584. The molecule has 0 aliphatic heterocycles. The third kappa shape index (κ3) is 4.39. The first kappa shape index (κ1) is 19.4. The highest BCUT2D eigenvalue weighted by atomic mass is 16.5. The number of carbonyl (C=O) groups excluding carboxylic acids is 3. The Bertz CT molecular complexity index is 836. The molecule has 0 unspecified atom stereocenters. The standard InChI is InChI=1S/C20H24N2O4/c1-12(2)16-8-6-7-9-17(16)21-19(24)14(4)26-20(25)18-10-15(13(3)23)11-22(18)5/h6-12,14H,1-5H3,(H,21,24)/t14-/m1/s1. The van der Waals surface area contributed by atoms with Crippen LogP contribution >= 0.6 is 0 Å². The molecule has 6 heteroatoms. The molecule has 0 spiro atoms. The first-order valence-electron chi connectivity index (χ1n) is 8.48. The number of amides is 1. The topological polar surface area (TPSA) is 77.4 Å². The molecule has 2 aromatic rings. The summed E-state index contributed by atoms with van der Waals surface area (Å²) in [5, 5.41) is 2.81. The van der Waals surface area contributed by atoms with E-state index in [2.05, 4.69) is 5.32 Å². The number of carbonyl (C=O) groups is 3. The second kappa shape index (κ2) is 7.99. The van der Waals surface area contributed by atoms with Crippen molar-refractivity contribution in [1.29, 1.82) is 0 Å². The predicted molar refractivity (Wildman–Crippen MR) is 99.5 cm³/mol. The number of Topliss-reactive ketones (excluding diaryl/α,β-unsaturated/α-hetero) is 1. The molecule has 0 bridgehead atoms. The molecule has 0 aliphatic rings. The van der Waals surface area contributed by atoms with Gasteiger partial charge in [0.05, 0.1) is 0 Å². The Kier molecular flexibility index (Phi) is 5.97. The molecule has 0 fully saturated rings. The molecule has 0 aliphatic carbocycles. The molecule has 1 aromatic carbocycles. The summed E-state index contributed by atoms with van der Waals surface area (Å²) < 4.78 is 6.77. The number of esters is 1. The average Bonchev–Trinajstić information content (AvgIpc) is 2.97. The molecule has 138 valence electrons. The molecule has 1 heterocycles. The number of aryl methyl sites for hydroxylation is 1. The van der Waals surface area contributed by atoms with E-state index in [0.717, 1.165) is 5.56 Å². The normalized spacial score (nSPS) is 11.9. The van der Waals surface area contributed by atoms with Crippen LogP contribution < -0.4 is 5.32 Å². The van der Waals surface area contributed by atoms with Gasteiger partial charge in [-0.15, -0.1) is 0 Å². The minimum absolute atomic E-state index is 0.143. The summed E-state index contributed by atoms with van der Waals surface area (Å²) in [6.45, 7) is 7.01. The molecule has 26 heavy (non-hydrogen) atoms. The van der Waals surface area contributed by atoms with Crippen molar-refractivity contribution in [3.8, 4) is 0 Å². The minimum atomic E-state index is -0.974. The fourth-order valence-corrected chi connectivity index (χ4v) is 2.58. The minimum Gasteiger partial charge on any atom is -0.448 e. The number of anilines is 1. The maximum Gasteiger partial charge on any atom is 0.355 e. The zero-order valence-corrected chi connectivity index (χ0v) is 15.7. The van der Waals surface area contributed by atoms with Gasteiger partial charge in [-0.2, -0.15) is 0 Å². The molecule has 2 rings (SSSR count). The summed E-state index contributed by atoms with van der Waals surface area (Å²) in [7, 11) is 1.65. The van der Waals surface area contributed by atoms with E-state index in [9.17, 15) is 14.4 Å². The molecule has 0 saturated heterocycles. The maximum absolute atomic E-state index is 12.4. The van der Waals surface area contributed by atoms with Crippen LogP contribution in [0.3, 0.4) is 0 Å². The molecule has 1 aromatic heterocycles. The van der Waals surface area contributed by atoms with Crippen LogP contribution in [0.2, 0.25) is 0 Å². The lowest BCUT2D eigenvalue weighted by Gasteiger charge is -2.17. The smallest absolute Gasteiger partial charge is 0.355 e. The number of ketones is 1. The van der Waals surface area contributed by atoms with Crippen molar-refractivity contribution >= 4 is 23.3 Å². The molecule has 1 amide bonds. The lowest BCUT2D eigenvalue weighted by atomic mass is 10.0. The van der Waals surface area contributed by atoms with Gasteiger partial charge in [-0.05, 0) is 37.5 Å². The Morgan fingerprint density at radius 3 is 2.35 bits per heavy atom. The average molecular weight is 356 g/mol. The Morgan fingerprint density at radius 1 is 1.12 bits per heavy atom. The second-order valence-corrected chi connectivity index (χ2v) is 6.56. The van der Waals surface area contributed by atoms with E-state index < -0.39 is 18.0 Å². The number of ether oxygens (including phenoxy) is 1. The SMILES string of the molecule is CC(=O)c1cc(C(=O)O[C@H](C)C(=O)Nc2ccccc2C(C)C)n(C)c1. The first-order valence-corrected chi connectivity index (χ1v) is 8.48. The summed E-state index contributed by atoms with van der Waals surface area (Å²) >= 11 is 0. The number of hydrogen-bond acceptors (Lipinski definition) is 4. The van der Waals surface area contributed by atoms with Gasteiger partial charge in [-0.1, -0.05) is 32.0 Å². The van der Waals surface area contributed by atoms with E-state index in [1.165, 1.54) is 24.5 Å². The molecular weight excluding hydrogens is 332 g/mol. The molecule has 1 atom stereocenters. The van der Waals surface area contributed by atoms with Crippen LogP contribution in [0.25, 0.3) is 0 Å². The van der Waals surface area contributed by atoms with Gasteiger partial charge < -0.3 is 14.6 Å². The van der Waals surface area contributed by atoms with E-state index in [4.69, 9.17) is 4.74 Å². The monoisotopic (exact) mass is 356 g/mol. The number of aromatic nitrogens is 1. The maximum atomic E-state index is 12.4.